The number of carbonyl (C=O) groups is 2. The first-order valence-corrected chi connectivity index (χ1v) is 12.6. The van der Waals surface area contributed by atoms with Gasteiger partial charge in [-0.1, -0.05) is 22.9 Å². The molecule has 1 saturated heterocycles. The Labute approximate surface area is 212 Å². The van der Waals surface area contributed by atoms with E-state index in [1.54, 1.807) is 31.6 Å². The van der Waals surface area contributed by atoms with Crippen molar-refractivity contribution in [3.63, 3.8) is 0 Å². The minimum atomic E-state index is -0.444. The molecule has 0 radical (unpaired) electrons. The van der Waals surface area contributed by atoms with Gasteiger partial charge in [0.2, 0.25) is 0 Å². The summed E-state index contributed by atoms with van der Waals surface area (Å²) in [4.78, 5) is 44.0. The second-order valence-electron chi connectivity index (χ2n) is 7.95. The molecule has 35 heavy (non-hydrogen) atoms. The van der Waals surface area contributed by atoms with Gasteiger partial charge < -0.3 is 24.7 Å². The number of nitrogens with one attached hydrogen (secondary N) is 2. The number of aromatic nitrogens is 4. The first-order valence-electron chi connectivity index (χ1n) is 11.4. The third kappa shape index (κ3) is 5.63. The van der Waals surface area contributed by atoms with Crippen molar-refractivity contribution >= 4 is 39.9 Å². The van der Waals surface area contributed by atoms with Gasteiger partial charge in [-0.05, 0) is 33.3 Å². The maximum atomic E-state index is 12.8. The highest BCUT2D eigenvalue weighted by atomic mass is 35.5. The van der Waals surface area contributed by atoms with Crippen LogP contribution in [0.25, 0.3) is 11.4 Å². The van der Waals surface area contributed by atoms with Crippen molar-refractivity contribution in [2.45, 2.75) is 39.3 Å². The van der Waals surface area contributed by atoms with Gasteiger partial charge in [-0.2, -0.15) is 0 Å². The third-order valence-electron chi connectivity index (χ3n) is 5.61. The van der Waals surface area contributed by atoms with Gasteiger partial charge in [0.1, 0.15) is 22.0 Å². The van der Waals surface area contributed by atoms with Gasteiger partial charge in [0, 0.05) is 37.8 Å². The van der Waals surface area contributed by atoms with E-state index in [2.05, 4.69) is 25.2 Å². The van der Waals surface area contributed by atoms with Crippen LogP contribution in [0.3, 0.4) is 0 Å². The van der Waals surface area contributed by atoms with Crippen LogP contribution in [0.1, 0.15) is 46.1 Å². The summed E-state index contributed by atoms with van der Waals surface area (Å²) in [5.41, 5.74) is 2.10. The van der Waals surface area contributed by atoms with Gasteiger partial charge >= 0.3 is 5.97 Å². The molecule has 12 heteroatoms. The highest BCUT2D eigenvalue weighted by molar-refractivity contribution is 7.17. The Bertz CT molecular complexity index is 1160. The van der Waals surface area contributed by atoms with Gasteiger partial charge in [-0.3, -0.25) is 14.8 Å². The molecular weight excluding hydrogens is 492 g/mol. The number of H-pyrrole nitrogens is 1. The predicted octanol–water partition coefficient (Wildman–Crippen LogP) is 3.48. The molecule has 0 unspecified atom stereocenters. The van der Waals surface area contributed by atoms with Gasteiger partial charge in [0.15, 0.2) is 5.13 Å². The molecule has 2 atom stereocenters. The normalized spacial score (nSPS) is 17.9. The van der Waals surface area contributed by atoms with Gasteiger partial charge in [0.05, 0.1) is 30.0 Å². The Morgan fingerprint density at radius 1 is 1.31 bits per heavy atom. The molecule has 0 aromatic carbocycles. The fraction of sp³-hybridized carbons (Fsp3) is 0.435. The second-order valence-corrected chi connectivity index (χ2v) is 9.33. The minimum absolute atomic E-state index is 0.190. The monoisotopic (exact) mass is 518 g/mol. The number of anilines is 1. The maximum Gasteiger partial charge on any atom is 0.350 e. The van der Waals surface area contributed by atoms with E-state index < -0.39 is 5.97 Å². The highest BCUT2D eigenvalue weighted by Crippen LogP contribution is 2.34. The van der Waals surface area contributed by atoms with E-state index in [4.69, 9.17) is 26.1 Å². The molecule has 2 N–H and O–H groups in total. The summed E-state index contributed by atoms with van der Waals surface area (Å²) in [6, 6.07) is 1.43. The van der Waals surface area contributed by atoms with Crippen molar-refractivity contribution in [1.29, 1.82) is 0 Å². The highest BCUT2D eigenvalue weighted by Gasteiger charge is 2.34. The molecule has 1 aliphatic heterocycles. The standard InChI is InChI=1S/C23H27ClN6O4S/c1-4-33-18-12-30(9-6-15(18)28-21(31)16-10-14(24)13(3)27-16)23-29-19(17-11-25-7-8-26-17)20(35-23)22(32)34-5-2/h7-8,10-11,15,18,27H,4-6,9,12H2,1-3H3,(H,28,31)/t15-,18+/m1/s1. The van der Waals surface area contributed by atoms with E-state index in [-0.39, 0.29) is 24.7 Å². The lowest BCUT2D eigenvalue weighted by molar-refractivity contribution is 0.0272. The Kier molecular flexibility index (Phi) is 7.99. The summed E-state index contributed by atoms with van der Waals surface area (Å²) in [7, 11) is 0. The quantitative estimate of drug-likeness (QED) is 0.434. The minimum Gasteiger partial charge on any atom is -0.462 e. The number of halogens is 1. The number of hydrogen-bond acceptors (Lipinski definition) is 9. The Balaban J connectivity index is 1.54. The van der Waals surface area contributed by atoms with Crippen molar-refractivity contribution < 1.29 is 19.1 Å². The van der Waals surface area contributed by atoms with Crippen LogP contribution >= 0.6 is 22.9 Å². The summed E-state index contributed by atoms with van der Waals surface area (Å²) < 4.78 is 11.2. The fourth-order valence-corrected chi connectivity index (χ4v) is 5.07. The van der Waals surface area contributed by atoms with Crippen LogP contribution in [0.4, 0.5) is 5.13 Å². The topological polar surface area (TPSA) is 122 Å². The zero-order valence-electron chi connectivity index (χ0n) is 19.7. The van der Waals surface area contributed by atoms with Crippen molar-refractivity contribution in [2.24, 2.45) is 0 Å². The van der Waals surface area contributed by atoms with Gasteiger partial charge in [0.25, 0.3) is 5.91 Å². The van der Waals surface area contributed by atoms with Crippen molar-refractivity contribution in [2.75, 3.05) is 31.2 Å². The van der Waals surface area contributed by atoms with E-state index >= 15 is 0 Å². The van der Waals surface area contributed by atoms with Crippen LogP contribution in [0.5, 0.6) is 0 Å². The summed E-state index contributed by atoms with van der Waals surface area (Å²) in [5.74, 6) is -0.674. The lowest BCUT2D eigenvalue weighted by atomic mass is 10.0. The molecule has 3 aromatic heterocycles. The maximum absolute atomic E-state index is 12.8. The zero-order chi connectivity index (χ0) is 24.9. The molecule has 0 spiro atoms. The van der Waals surface area contributed by atoms with Crippen LogP contribution in [-0.2, 0) is 9.47 Å². The molecule has 1 amide bonds. The molecule has 0 aliphatic carbocycles. The third-order valence-corrected chi connectivity index (χ3v) is 7.09. The van der Waals surface area contributed by atoms with Gasteiger partial charge in [-0.15, -0.1) is 0 Å². The SMILES string of the molecule is CCOC(=O)c1sc(N2CC[C@@H](NC(=O)c3cc(Cl)c(C)[nH]3)[C@@H](OCC)C2)nc1-c1cnccn1. The van der Waals surface area contributed by atoms with E-state index in [0.29, 0.717) is 58.2 Å². The number of ether oxygens (including phenoxy) is 2. The number of piperidine rings is 1. The predicted molar refractivity (Wildman–Crippen MR) is 133 cm³/mol. The van der Waals surface area contributed by atoms with E-state index in [1.165, 1.54) is 11.3 Å². The van der Waals surface area contributed by atoms with E-state index in [1.807, 2.05) is 13.8 Å². The number of amides is 1. The average molecular weight is 519 g/mol. The second kappa shape index (κ2) is 11.1. The Morgan fingerprint density at radius 2 is 2.14 bits per heavy atom. The Morgan fingerprint density at radius 3 is 2.80 bits per heavy atom. The van der Waals surface area contributed by atoms with Gasteiger partial charge in [-0.25, -0.2) is 9.78 Å². The number of aryl methyl sites for hydroxylation is 1. The van der Waals surface area contributed by atoms with Crippen molar-refractivity contribution in [3.05, 3.63) is 45.9 Å². The average Bonchev–Trinajstić information content (AvgIpc) is 3.45. The summed E-state index contributed by atoms with van der Waals surface area (Å²) in [5, 5.41) is 4.25. The molecule has 186 valence electrons. The number of aromatic amines is 1. The number of rotatable bonds is 8. The molecule has 1 aliphatic rings. The molecule has 4 rings (SSSR count). The fourth-order valence-electron chi connectivity index (χ4n) is 3.91. The first kappa shape index (κ1) is 25.1. The Hall–Kier alpha value is -3.02. The molecule has 1 fully saturated rings. The number of esters is 1. The molecule has 3 aromatic rings. The number of carbonyl (C=O) groups excluding carboxylic acids is 2. The largest absolute Gasteiger partial charge is 0.462 e. The molecule has 0 saturated carbocycles. The number of hydrogen-bond donors (Lipinski definition) is 2. The smallest absolute Gasteiger partial charge is 0.350 e. The van der Waals surface area contributed by atoms with Crippen LogP contribution < -0.4 is 10.2 Å². The lowest BCUT2D eigenvalue weighted by Gasteiger charge is -2.38. The molecule has 0 bridgehead atoms. The molecular formula is C23H27ClN6O4S. The van der Waals surface area contributed by atoms with Crippen LogP contribution in [0.15, 0.2) is 24.7 Å². The summed E-state index contributed by atoms with van der Waals surface area (Å²) in [6.07, 6.45) is 5.06. The van der Waals surface area contributed by atoms with Crippen molar-refractivity contribution in [3.8, 4) is 11.4 Å². The van der Waals surface area contributed by atoms with E-state index in [9.17, 15) is 9.59 Å². The van der Waals surface area contributed by atoms with E-state index in [0.717, 1.165) is 5.69 Å². The summed E-state index contributed by atoms with van der Waals surface area (Å²) in [6.45, 7) is 7.36. The van der Waals surface area contributed by atoms with Crippen LogP contribution in [-0.4, -0.2) is 70.3 Å². The van der Waals surface area contributed by atoms with Crippen LogP contribution in [0.2, 0.25) is 5.02 Å². The lowest BCUT2D eigenvalue weighted by Crippen LogP contribution is -2.55. The van der Waals surface area contributed by atoms with Crippen LogP contribution in [0, 0.1) is 6.92 Å². The number of nitrogens with zero attached hydrogens (tertiary/aromatic N) is 4. The molecule has 4 heterocycles. The summed E-state index contributed by atoms with van der Waals surface area (Å²) >= 11 is 7.35. The number of thiazole rings is 1. The van der Waals surface area contributed by atoms with Crippen molar-refractivity contribution in [1.82, 2.24) is 25.3 Å². The molecule has 10 nitrogen and oxygen atoms in total. The first-order chi connectivity index (χ1) is 16.9. The zero-order valence-corrected chi connectivity index (χ0v) is 21.3.